The van der Waals surface area contributed by atoms with Crippen molar-refractivity contribution in [2.24, 2.45) is 0 Å². The first-order valence-corrected chi connectivity index (χ1v) is 9.33. The fourth-order valence-corrected chi connectivity index (χ4v) is 3.06. The number of rotatable bonds is 7. The summed E-state index contributed by atoms with van der Waals surface area (Å²) in [5.74, 6) is -0.126. The number of hydrogen-bond donors (Lipinski definition) is 2. The molecule has 3 N–H and O–H groups in total. The Balaban J connectivity index is 1.67. The van der Waals surface area contributed by atoms with Crippen molar-refractivity contribution in [1.82, 2.24) is 0 Å². The monoisotopic (exact) mass is 372 g/mol. The number of nitrogens with one attached hydrogen (secondary N) is 1. The highest BCUT2D eigenvalue weighted by Gasteiger charge is 2.10. The van der Waals surface area contributed by atoms with E-state index in [-0.39, 0.29) is 11.7 Å². The number of carbonyl (C=O) groups is 2. The molecule has 0 spiro atoms. The number of nitrogens with two attached hydrogens (primary N) is 1. The first kappa shape index (κ1) is 19.4. The van der Waals surface area contributed by atoms with Crippen LogP contribution >= 0.6 is 0 Å². The maximum atomic E-state index is 12.6. The summed E-state index contributed by atoms with van der Waals surface area (Å²) < 4.78 is 0. The molecule has 0 heterocycles. The maximum Gasteiger partial charge on any atom is 0.255 e. The molecular formula is C24H24N2O2. The number of carbonyl (C=O) groups excluding carboxylic acids is 2. The van der Waals surface area contributed by atoms with Crippen molar-refractivity contribution in [3.63, 3.8) is 0 Å². The van der Waals surface area contributed by atoms with E-state index in [4.69, 9.17) is 5.73 Å². The van der Waals surface area contributed by atoms with E-state index in [1.54, 1.807) is 31.2 Å². The van der Waals surface area contributed by atoms with Crippen molar-refractivity contribution in [2.45, 2.75) is 26.2 Å². The molecule has 4 heteroatoms. The van der Waals surface area contributed by atoms with Gasteiger partial charge in [-0.2, -0.15) is 0 Å². The van der Waals surface area contributed by atoms with Crippen LogP contribution in [0.2, 0.25) is 0 Å². The number of amides is 1. The van der Waals surface area contributed by atoms with Crippen LogP contribution in [0.5, 0.6) is 0 Å². The number of anilines is 2. The van der Waals surface area contributed by atoms with Gasteiger partial charge < -0.3 is 11.1 Å². The second-order valence-corrected chi connectivity index (χ2v) is 6.94. The van der Waals surface area contributed by atoms with Crippen LogP contribution in [0.25, 0.3) is 0 Å². The molecule has 0 unspecified atom stereocenters. The minimum absolute atomic E-state index is 0.0947. The van der Waals surface area contributed by atoms with Crippen LogP contribution in [-0.2, 0) is 24.1 Å². The standard InChI is InChI=1S/C24H24N2O2/c1-17(27)15-19-9-12-21(13-10-19)24(28)26-23-16-20(11-14-22(23)25)8-7-18-5-3-2-4-6-18/h2-6,9-14,16H,7-8,15,25H2,1H3,(H,26,28). The minimum atomic E-state index is -0.221. The van der Waals surface area contributed by atoms with Crippen LogP contribution in [-0.4, -0.2) is 11.7 Å². The average molecular weight is 372 g/mol. The van der Waals surface area contributed by atoms with Crippen LogP contribution in [0, 0.1) is 0 Å². The molecule has 142 valence electrons. The molecular weight excluding hydrogens is 348 g/mol. The summed E-state index contributed by atoms with van der Waals surface area (Å²) in [6.45, 7) is 1.55. The summed E-state index contributed by atoms with van der Waals surface area (Å²) >= 11 is 0. The first-order chi connectivity index (χ1) is 13.5. The van der Waals surface area contributed by atoms with Gasteiger partial charge in [-0.3, -0.25) is 9.59 Å². The Labute approximate surface area is 165 Å². The average Bonchev–Trinajstić information content (AvgIpc) is 2.69. The van der Waals surface area contributed by atoms with Crippen molar-refractivity contribution < 1.29 is 9.59 Å². The van der Waals surface area contributed by atoms with Crippen LogP contribution in [0.1, 0.15) is 34.0 Å². The molecule has 0 saturated heterocycles. The van der Waals surface area contributed by atoms with Crippen molar-refractivity contribution in [1.29, 1.82) is 0 Å². The Kier molecular flexibility index (Phi) is 6.22. The lowest BCUT2D eigenvalue weighted by Crippen LogP contribution is -2.13. The molecule has 1 amide bonds. The second-order valence-electron chi connectivity index (χ2n) is 6.94. The Hall–Kier alpha value is -3.40. The highest BCUT2D eigenvalue weighted by molar-refractivity contribution is 6.05. The van der Waals surface area contributed by atoms with Crippen molar-refractivity contribution >= 4 is 23.1 Å². The smallest absolute Gasteiger partial charge is 0.255 e. The highest BCUT2D eigenvalue weighted by atomic mass is 16.1. The van der Waals surface area contributed by atoms with Crippen molar-refractivity contribution in [3.8, 4) is 0 Å². The molecule has 0 aromatic heterocycles. The maximum absolute atomic E-state index is 12.6. The zero-order chi connectivity index (χ0) is 19.9. The molecule has 0 aliphatic heterocycles. The molecule has 0 fully saturated rings. The fraction of sp³-hybridized carbons (Fsp3) is 0.167. The van der Waals surface area contributed by atoms with Crippen molar-refractivity contribution in [2.75, 3.05) is 11.1 Å². The van der Waals surface area contributed by atoms with Crippen molar-refractivity contribution in [3.05, 3.63) is 95.1 Å². The number of aryl methyl sites for hydroxylation is 2. The summed E-state index contributed by atoms with van der Waals surface area (Å²) in [4.78, 5) is 23.8. The lowest BCUT2D eigenvalue weighted by Gasteiger charge is -2.11. The van der Waals surface area contributed by atoms with E-state index < -0.39 is 0 Å². The molecule has 3 aromatic carbocycles. The van der Waals surface area contributed by atoms with Gasteiger partial charge in [-0.1, -0.05) is 48.5 Å². The number of benzene rings is 3. The predicted octanol–water partition coefficient (Wildman–Crippen LogP) is 4.44. The molecule has 4 nitrogen and oxygen atoms in total. The van der Waals surface area contributed by atoms with E-state index in [0.717, 1.165) is 24.0 Å². The lowest BCUT2D eigenvalue weighted by atomic mass is 10.0. The topological polar surface area (TPSA) is 72.2 Å². The third-order valence-electron chi connectivity index (χ3n) is 4.58. The molecule has 3 aromatic rings. The third kappa shape index (κ3) is 5.30. The molecule has 0 bridgehead atoms. The van der Waals surface area contributed by atoms with Gasteiger partial charge in [-0.05, 0) is 60.7 Å². The van der Waals surface area contributed by atoms with Gasteiger partial charge >= 0.3 is 0 Å². The Morgan fingerprint density at radius 1 is 0.821 bits per heavy atom. The molecule has 0 radical (unpaired) electrons. The Morgan fingerprint density at radius 3 is 2.14 bits per heavy atom. The minimum Gasteiger partial charge on any atom is -0.397 e. The van der Waals surface area contributed by atoms with Gasteiger partial charge in [0.25, 0.3) is 5.91 Å². The van der Waals surface area contributed by atoms with Gasteiger partial charge in [-0.25, -0.2) is 0 Å². The quantitative estimate of drug-likeness (QED) is 0.602. The summed E-state index contributed by atoms with van der Waals surface area (Å²) in [6.07, 6.45) is 2.17. The number of Topliss-reactive ketones (excluding diaryl/α,β-unsaturated/α-hetero) is 1. The van der Waals surface area contributed by atoms with E-state index in [9.17, 15) is 9.59 Å². The zero-order valence-electron chi connectivity index (χ0n) is 15.9. The zero-order valence-corrected chi connectivity index (χ0v) is 15.9. The summed E-state index contributed by atoms with van der Waals surface area (Å²) in [5.41, 5.74) is 11.0. The van der Waals surface area contributed by atoms with Crippen LogP contribution in [0.15, 0.2) is 72.8 Å². The van der Waals surface area contributed by atoms with Gasteiger partial charge in [-0.15, -0.1) is 0 Å². The van der Waals surface area contributed by atoms with E-state index >= 15 is 0 Å². The normalized spacial score (nSPS) is 10.5. The second kappa shape index (κ2) is 9.00. The van der Waals surface area contributed by atoms with E-state index in [1.165, 1.54) is 5.56 Å². The molecule has 0 aliphatic rings. The van der Waals surface area contributed by atoms with Crippen LogP contribution in [0.3, 0.4) is 0 Å². The SMILES string of the molecule is CC(=O)Cc1ccc(C(=O)Nc2cc(CCc3ccccc3)ccc2N)cc1. The Morgan fingerprint density at radius 2 is 1.46 bits per heavy atom. The first-order valence-electron chi connectivity index (χ1n) is 9.33. The predicted molar refractivity (Wildman–Crippen MR) is 113 cm³/mol. The largest absolute Gasteiger partial charge is 0.397 e. The number of nitrogen functional groups attached to an aromatic ring is 1. The molecule has 0 saturated carbocycles. The molecule has 28 heavy (non-hydrogen) atoms. The van der Waals surface area contributed by atoms with Gasteiger partial charge in [0.2, 0.25) is 0 Å². The van der Waals surface area contributed by atoms with Gasteiger partial charge in [0.05, 0.1) is 11.4 Å². The van der Waals surface area contributed by atoms with E-state index in [0.29, 0.717) is 23.4 Å². The highest BCUT2D eigenvalue weighted by Crippen LogP contribution is 2.22. The fourth-order valence-electron chi connectivity index (χ4n) is 3.06. The summed E-state index contributed by atoms with van der Waals surface area (Å²) in [5, 5.41) is 2.89. The van der Waals surface area contributed by atoms with Crippen LogP contribution < -0.4 is 11.1 Å². The van der Waals surface area contributed by atoms with Crippen LogP contribution in [0.4, 0.5) is 11.4 Å². The summed E-state index contributed by atoms with van der Waals surface area (Å²) in [6, 6.07) is 23.1. The van der Waals surface area contributed by atoms with E-state index in [2.05, 4.69) is 17.4 Å². The molecule has 3 rings (SSSR count). The van der Waals surface area contributed by atoms with E-state index in [1.807, 2.05) is 36.4 Å². The lowest BCUT2D eigenvalue weighted by molar-refractivity contribution is -0.116. The van der Waals surface area contributed by atoms with Gasteiger partial charge in [0.1, 0.15) is 5.78 Å². The number of hydrogen-bond acceptors (Lipinski definition) is 3. The molecule has 0 aliphatic carbocycles. The van der Waals surface area contributed by atoms with Gasteiger partial charge in [0, 0.05) is 12.0 Å². The third-order valence-corrected chi connectivity index (χ3v) is 4.58. The van der Waals surface area contributed by atoms with Gasteiger partial charge in [0.15, 0.2) is 0 Å². The number of ketones is 1. The summed E-state index contributed by atoms with van der Waals surface area (Å²) in [7, 11) is 0. The molecule has 0 atom stereocenters. The Bertz CT molecular complexity index is 964.